The van der Waals surface area contributed by atoms with Gasteiger partial charge in [-0.25, -0.2) is 5.48 Å². The summed E-state index contributed by atoms with van der Waals surface area (Å²) in [6.07, 6.45) is 1.60. The van der Waals surface area contributed by atoms with E-state index in [1.807, 2.05) is 54.6 Å². The highest BCUT2D eigenvalue weighted by atomic mass is 16.5. The Labute approximate surface area is 159 Å². The van der Waals surface area contributed by atoms with Crippen LogP contribution in [0.4, 0.5) is 0 Å². The number of carbonyl (C=O) groups is 1. The van der Waals surface area contributed by atoms with Crippen molar-refractivity contribution in [2.45, 2.75) is 18.8 Å². The van der Waals surface area contributed by atoms with Crippen LogP contribution in [0, 0.1) is 0 Å². The van der Waals surface area contributed by atoms with Gasteiger partial charge in [-0.15, -0.1) is 0 Å². The predicted octanol–water partition coefficient (Wildman–Crippen LogP) is 3.92. The molecule has 3 aromatic carbocycles. The number of hydroxylamine groups is 1. The Bertz CT molecular complexity index is 876. The molecule has 4 nitrogen and oxygen atoms in total. The molecule has 3 aromatic rings. The lowest BCUT2D eigenvalue weighted by Crippen LogP contribution is -2.27. The highest BCUT2D eigenvalue weighted by Gasteiger charge is 2.22. The third-order valence-corrected chi connectivity index (χ3v) is 4.64. The van der Waals surface area contributed by atoms with E-state index in [9.17, 15) is 10.0 Å². The van der Waals surface area contributed by atoms with Gasteiger partial charge in [0.25, 0.3) is 5.91 Å². The molecule has 0 aromatic heterocycles. The first-order valence-electron chi connectivity index (χ1n) is 9.02. The van der Waals surface area contributed by atoms with Gasteiger partial charge < -0.3 is 5.11 Å². The van der Waals surface area contributed by atoms with Crippen LogP contribution < -0.4 is 5.48 Å². The van der Waals surface area contributed by atoms with E-state index in [1.54, 1.807) is 5.48 Å². The third kappa shape index (κ3) is 4.61. The number of benzene rings is 3. The summed E-state index contributed by atoms with van der Waals surface area (Å²) in [6, 6.07) is 25.4. The summed E-state index contributed by atoms with van der Waals surface area (Å²) in [5.41, 5.74) is 6.67. The van der Waals surface area contributed by atoms with Gasteiger partial charge in [0, 0.05) is 6.61 Å². The number of rotatable bonds is 7. The summed E-state index contributed by atoms with van der Waals surface area (Å²) < 4.78 is 0. The van der Waals surface area contributed by atoms with Crippen molar-refractivity contribution in [3.05, 3.63) is 95.6 Å². The van der Waals surface area contributed by atoms with Gasteiger partial charge in [0.1, 0.15) is 0 Å². The summed E-state index contributed by atoms with van der Waals surface area (Å²) in [6.45, 7) is 0.192. The molecule has 0 saturated heterocycles. The maximum atomic E-state index is 12.3. The number of aliphatic hydroxyl groups excluding tert-OH is 1. The van der Waals surface area contributed by atoms with Crippen LogP contribution in [-0.2, 0) is 11.2 Å². The van der Waals surface area contributed by atoms with Crippen molar-refractivity contribution in [3.63, 3.8) is 0 Å². The zero-order chi connectivity index (χ0) is 19.1. The van der Waals surface area contributed by atoms with E-state index in [-0.39, 0.29) is 6.61 Å². The zero-order valence-corrected chi connectivity index (χ0v) is 15.0. The van der Waals surface area contributed by atoms with Gasteiger partial charge in [-0.1, -0.05) is 78.9 Å². The van der Waals surface area contributed by atoms with E-state index in [1.165, 1.54) is 5.56 Å². The Morgan fingerprint density at radius 1 is 0.852 bits per heavy atom. The fraction of sp³-hybridized carbons (Fsp3) is 0.174. The summed E-state index contributed by atoms with van der Waals surface area (Å²) >= 11 is 0. The first-order valence-corrected chi connectivity index (χ1v) is 9.02. The quantitative estimate of drug-likeness (QED) is 0.441. The minimum absolute atomic E-state index is 0.192. The molecule has 3 N–H and O–H groups in total. The van der Waals surface area contributed by atoms with E-state index in [4.69, 9.17) is 5.11 Å². The fourth-order valence-electron chi connectivity index (χ4n) is 3.25. The Morgan fingerprint density at radius 3 is 2.22 bits per heavy atom. The van der Waals surface area contributed by atoms with Crippen LogP contribution in [0.25, 0.3) is 11.1 Å². The van der Waals surface area contributed by atoms with Crippen molar-refractivity contribution in [2.24, 2.45) is 0 Å². The van der Waals surface area contributed by atoms with E-state index >= 15 is 0 Å². The van der Waals surface area contributed by atoms with Crippen LogP contribution in [0.1, 0.15) is 29.0 Å². The van der Waals surface area contributed by atoms with E-state index in [2.05, 4.69) is 24.3 Å². The minimum atomic E-state index is -0.583. The number of amides is 1. The average molecular weight is 361 g/mol. The molecular weight excluding hydrogens is 338 g/mol. The molecule has 1 atom stereocenters. The third-order valence-electron chi connectivity index (χ3n) is 4.64. The second-order valence-corrected chi connectivity index (χ2v) is 6.47. The number of nitrogens with one attached hydrogen (secondary N) is 1. The monoisotopic (exact) mass is 361 g/mol. The van der Waals surface area contributed by atoms with E-state index < -0.39 is 11.8 Å². The molecule has 0 heterocycles. The second kappa shape index (κ2) is 9.12. The SMILES string of the molecule is O=C(NO)C(c1ccccc1)c1cccc(-c2ccc(CCCO)cc2)c1. The van der Waals surface area contributed by atoms with Gasteiger partial charge in [0.15, 0.2) is 0 Å². The lowest BCUT2D eigenvalue weighted by Gasteiger charge is -2.17. The topological polar surface area (TPSA) is 69.6 Å². The molecule has 4 heteroatoms. The zero-order valence-electron chi connectivity index (χ0n) is 15.0. The molecular formula is C23H23NO3. The normalized spacial score (nSPS) is 11.8. The van der Waals surface area contributed by atoms with Gasteiger partial charge in [-0.05, 0) is 40.7 Å². The smallest absolute Gasteiger partial charge is 0.255 e. The highest BCUT2D eigenvalue weighted by Crippen LogP contribution is 2.29. The largest absolute Gasteiger partial charge is 0.396 e. The van der Waals surface area contributed by atoms with E-state index in [0.717, 1.165) is 35.1 Å². The van der Waals surface area contributed by atoms with Crippen LogP contribution in [0.15, 0.2) is 78.9 Å². The summed E-state index contributed by atoms with van der Waals surface area (Å²) in [7, 11) is 0. The number of hydrogen-bond donors (Lipinski definition) is 3. The summed E-state index contributed by atoms with van der Waals surface area (Å²) in [5, 5.41) is 18.1. The first-order chi connectivity index (χ1) is 13.2. The molecule has 0 saturated carbocycles. The molecule has 0 aliphatic rings. The van der Waals surface area contributed by atoms with Crippen molar-refractivity contribution < 1.29 is 15.1 Å². The van der Waals surface area contributed by atoms with Gasteiger partial charge in [-0.2, -0.15) is 0 Å². The maximum absolute atomic E-state index is 12.3. The molecule has 27 heavy (non-hydrogen) atoms. The Balaban J connectivity index is 1.92. The molecule has 0 aliphatic carbocycles. The Hall–Kier alpha value is -2.95. The molecule has 3 rings (SSSR count). The van der Waals surface area contributed by atoms with Crippen molar-refractivity contribution in [1.82, 2.24) is 5.48 Å². The Kier molecular flexibility index (Phi) is 6.36. The molecule has 1 unspecified atom stereocenters. The number of carbonyl (C=O) groups excluding carboxylic acids is 1. The van der Waals surface area contributed by atoms with Crippen molar-refractivity contribution in [2.75, 3.05) is 6.61 Å². The van der Waals surface area contributed by atoms with Gasteiger partial charge in [-0.3, -0.25) is 10.0 Å². The molecule has 0 fully saturated rings. The van der Waals surface area contributed by atoms with Crippen molar-refractivity contribution >= 4 is 5.91 Å². The molecule has 0 spiro atoms. The highest BCUT2D eigenvalue weighted by molar-refractivity contribution is 5.86. The van der Waals surface area contributed by atoms with Crippen LogP contribution in [0.3, 0.4) is 0 Å². The Morgan fingerprint density at radius 2 is 1.56 bits per heavy atom. The second-order valence-electron chi connectivity index (χ2n) is 6.47. The average Bonchev–Trinajstić information content (AvgIpc) is 2.73. The summed E-state index contributed by atoms with van der Waals surface area (Å²) in [4.78, 5) is 12.3. The molecule has 138 valence electrons. The number of aliphatic hydroxyl groups is 1. The van der Waals surface area contributed by atoms with Gasteiger partial charge in [0.2, 0.25) is 0 Å². The molecule has 1 amide bonds. The maximum Gasteiger partial charge on any atom is 0.255 e. The van der Waals surface area contributed by atoms with Crippen LogP contribution >= 0.6 is 0 Å². The van der Waals surface area contributed by atoms with Crippen LogP contribution in [0.2, 0.25) is 0 Å². The summed E-state index contributed by atoms with van der Waals surface area (Å²) in [5.74, 6) is -1.04. The van der Waals surface area contributed by atoms with Crippen LogP contribution in [-0.4, -0.2) is 22.8 Å². The van der Waals surface area contributed by atoms with Crippen LogP contribution in [0.5, 0.6) is 0 Å². The fourth-order valence-corrected chi connectivity index (χ4v) is 3.25. The standard InChI is InChI=1S/C23H23NO3/c25-15-5-6-17-11-13-18(14-12-17)20-9-4-10-21(16-20)22(23(26)24-27)19-7-2-1-3-8-19/h1-4,7-14,16,22,25,27H,5-6,15H2,(H,24,26). The minimum Gasteiger partial charge on any atom is -0.396 e. The van der Waals surface area contributed by atoms with Crippen molar-refractivity contribution in [3.8, 4) is 11.1 Å². The number of hydrogen-bond acceptors (Lipinski definition) is 3. The first kappa shape index (κ1) is 18.8. The van der Waals surface area contributed by atoms with Crippen molar-refractivity contribution in [1.29, 1.82) is 0 Å². The molecule has 0 aliphatic heterocycles. The number of aryl methyl sites for hydroxylation is 1. The van der Waals surface area contributed by atoms with E-state index in [0.29, 0.717) is 0 Å². The lowest BCUT2D eigenvalue weighted by molar-refractivity contribution is -0.129. The lowest BCUT2D eigenvalue weighted by atomic mass is 9.88. The molecule has 0 bridgehead atoms. The molecule has 0 radical (unpaired) electrons. The van der Waals surface area contributed by atoms with Gasteiger partial charge in [0.05, 0.1) is 5.92 Å². The van der Waals surface area contributed by atoms with Gasteiger partial charge >= 0.3 is 0 Å². The predicted molar refractivity (Wildman–Crippen MR) is 105 cm³/mol.